The lowest BCUT2D eigenvalue weighted by atomic mass is 10.00. The Bertz CT molecular complexity index is 958. The topological polar surface area (TPSA) is 56.1 Å². The number of esters is 1. The van der Waals surface area contributed by atoms with Crippen LogP contribution in [0.4, 0.5) is 5.69 Å². The van der Waals surface area contributed by atoms with Gasteiger partial charge in [-0.15, -0.1) is 0 Å². The molecular weight excluding hydrogens is 314 g/mol. The maximum absolute atomic E-state index is 11.7. The third-order valence-corrected chi connectivity index (χ3v) is 4.58. The average Bonchev–Trinajstić information content (AvgIpc) is 3.02. The fourth-order valence-corrected chi connectivity index (χ4v) is 3.33. The van der Waals surface area contributed by atoms with E-state index in [-0.39, 0.29) is 12.1 Å². The molecule has 1 N–H and O–H groups in total. The first-order valence-corrected chi connectivity index (χ1v) is 8.19. The molecule has 0 saturated carbocycles. The zero-order chi connectivity index (χ0) is 17.6. The fraction of sp³-hybridized carbons (Fsp3) is 0.200. The van der Waals surface area contributed by atoms with Crippen molar-refractivity contribution in [3.05, 3.63) is 70.9 Å². The molecule has 0 radical (unpaired) electrons. The van der Waals surface area contributed by atoms with Gasteiger partial charge in [-0.3, -0.25) is 0 Å². The molecule has 0 aliphatic carbocycles. The van der Waals surface area contributed by atoms with Gasteiger partial charge in [-0.2, -0.15) is 5.10 Å². The van der Waals surface area contributed by atoms with E-state index in [1.165, 1.54) is 12.7 Å². The van der Waals surface area contributed by atoms with Crippen molar-refractivity contribution in [2.24, 2.45) is 0 Å². The van der Waals surface area contributed by atoms with Crippen molar-refractivity contribution in [3.8, 4) is 11.3 Å². The standard InChI is InChI=1S/C20H19N3O2/c1-12-5-4-6-16-17-11-13(2)22-23(17)19(21-18(12)16)14-7-9-15(10-8-14)20(24)25-3/h4-11,19,21H,1-3H3/t19-/m1/s1. The summed E-state index contributed by atoms with van der Waals surface area (Å²) >= 11 is 0. The Morgan fingerprint density at radius 2 is 1.92 bits per heavy atom. The number of benzene rings is 2. The minimum Gasteiger partial charge on any atom is -0.465 e. The van der Waals surface area contributed by atoms with Crippen molar-refractivity contribution in [1.29, 1.82) is 0 Å². The molecule has 0 fully saturated rings. The molecule has 0 unspecified atom stereocenters. The Hall–Kier alpha value is -3.08. The maximum atomic E-state index is 11.7. The summed E-state index contributed by atoms with van der Waals surface area (Å²) in [6, 6.07) is 15.8. The quantitative estimate of drug-likeness (QED) is 0.722. The lowest BCUT2D eigenvalue weighted by molar-refractivity contribution is 0.0600. The number of anilines is 1. The SMILES string of the molecule is COC(=O)c1ccc([C@@H]2Nc3c(C)cccc3-c3cc(C)nn32)cc1. The third kappa shape index (κ3) is 2.48. The van der Waals surface area contributed by atoms with Crippen molar-refractivity contribution in [2.45, 2.75) is 20.0 Å². The number of ether oxygens (including phenoxy) is 1. The third-order valence-electron chi connectivity index (χ3n) is 4.58. The second-order valence-electron chi connectivity index (χ2n) is 6.27. The Kier molecular flexibility index (Phi) is 3.57. The summed E-state index contributed by atoms with van der Waals surface area (Å²) in [5.41, 5.74) is 7.11. The van der Waals surface area contributed by atoms with Gasteiger partial charge < -0.3 is 10.1 Å². The molecule has 5 heteroatoms. The predicted octanol–water partition coefficient (Wildman–Crippen LogP) is 3.93. The highest BCUT2D eigenvalue weighted by Crippen LogP contribution is 2.40. The minimum atomic E-state index is -0.333. The number of hydrogen-bond acceptors (Lipinski definition) is 4. The van der Waals surface area contributed by atoms with E-state index < -0.39 is 0 Å². The van der Waals surface area contributed by atoms with E-state index in [9.17, 15) is 4.79 Å². The number of aromatic nitrogens is 2. The van der Waals surface area contributed by atoms with E-state index in [0.29, 0.717) is 5.56 Å². The minimum absolute atomic E-state index is 0.121. The fourth-order valence-electron chi connectivity index (χ4n) is 3.33. The molecule has 126 valence electrons. The number of nitrogens with zero attached hydrogens (tertiary/aromatic N) is 2. The molecular formula is C20H19N3O2. The van der Waals surface area contributed by atoms with Crippen LogP contribution >= 0.6 is 0 Å². The van der Waals surface area contributed by atoms with Crippen molar-refractivity contribution in [1.82, 2.24) is 9.78 Å². The first-order chi connectivity index (χ1) is 12.1. The van der Waals surface area contributed by atoms with Crippen molar-refractivity contribution < 1.29 is 9.53 Å². The zero-order valence-corrected chi connectivity index (χ0v) is 14.4. The van der Waals surface area contributed by atoms with Gasteiger partial charge in [0.1, 0.15) is 6.17 Å². The molecule has 25 heavy (non-hydrogen) atoms. The molecule has 3 aromatic rings. The first kappa shape index (κ1) is 15.4. The molecule has 0 amide bonds. The monoisotopic (exact) mass is 333 g/mol. The largest absolute Gasteiger partial charge is 0.465 e. The second-order valence-corrected chi connectivity index (χ2v) is 6.27. The molecule has 0 bridgehead atoms. The number of carbonyl (C=O) groups is 1. The summed E-state index contributed by atoms with van der Waals surface area (Å²) in [5.74, 6) is -0.333. The zero-order valence-electron chi connectivity index (χ0n) is 14.4. The van der Waals surface area contributed by atoms with Gasteiger partial charge in [-0.1, -0.05) is 30.3 Å². The van der Waals surface area contributed by atoms with Gasteiger partial charge in [-0.05, 0) is 43.2 Å². The van der Waals surface area contributed by atoms with Crippen LogP contribution in [0.2, 0.25) is 0 Å². The number of carbonyl (C=O) groups excluding carboxylic acids is 1. The number of aryl methyl sites for hydroxylation is 2. The highest BCUT2D eigenvalue weighted by atomic mass is 16.5. The van der Waals surface area contributed by atoms with Gasteiger partial charge in [-0.25, -0.2) is 9.48 Å². The van der Waals surface area contributed by atoms with Crippen molar-refractivity contribution in [2.75, 3.05) is 12.4 Å². The summed E-state index contributed by atoms with van der Waals surface area (Å²) < 4.78 is 6.78. The van der Waals surface area contributed by atoms with Gasteiger partial charge >= 0.3 is 5.97 Å². The Morgan fingerprint density at radius 3 is 2.64 bits per heavy atom. The second kappa shape index (κ2) is 5.77. The average molecular weight is 333 g/mol. The van der Waals surface area contributed by atoms with Crippen LogP contribution < -0.4 is 5.32 Å². The number of para-hydroxylation sites is 1. The molecule has 1 aliphatic rings. The Morgan fingerprint density at radius 1 is 1.16 bits per heavy atom. The highest BCUT2D eigenvalue weighted by Gasteiger charge is 2.27. The molecule has 5 nitrogen and oxygen atoms in total. The molecule has 1 aliphatic heterocycles. The van der Waals surface area contributed by atoms with E-state index in [0.717, 1.165) is 28.2 Å². The summed E-state index contributed by atoms with van der Waals surface area (Å²) in [5, 5.41) is 8.27. The number of methoxy groups -OCH3 is 1. The smallest absolute Gasteiger partial charge is 0.337 e. The predicted molar refractivity (Wildman–Crippen MR) is 96.7 cm³/mol. The molecule has 0 saturated heterocycles. The van der Waals surface area contributed by atoms with Crippen LogP contribution in [0.3, 0.4) is 0 Å². The first-order valence-electron chi connectivity index (χ1n) is 8.19. The maximum Gasteiger partial charge on any atom is 0.337 e. The van der Waals surface area contributed by atoms with Crippen LogP contribution in [0.15, 0.2) is 48.5 Å². The van der Waals surface area contributed by atoms with E-state index in [1.54, 1.807) is 12.1 Å². The normalized spacial score (nSPS) is 15.1. The lowest BCUT2D eigenvalue weighted by Gasteiger charge is -2.30. The molecule has 1 atom stereocenters. The van der Waals surface area contributed by atoms with E-state index in [2.05, 4.69) is 41.6 Å². The number of nitrogens with one attached hydrogen (secondary N) is 1. The lowest BCUT2D eigenvalue weighted by Crippen LogP contribution is -2.26. The van der Waals surface area contributed by atoms with Crippen LogP contribution in [-0.2, 0) is 4.74 Å². The summed E-state index contributed by atoms with van der Waals surface area (Å²) in [6.45, 7) is 4.10. The van der Waals surface area contributed by atoms with E-state index in [4.69, 9.17) is 4.74 Å². The molecule has 1 aromatic heterocycles. The Labute approximate surface area is 146 Å². The van der Waals surface area contributed by atoms with Crippen LogP contribution in [0.25, 0.3) is 11.3 Å². The van der Waals surface area contributed by atoms with E-state index >= 15 is 0 Å². The summed E-state index contributed by atoms with van der Waals surface area (Å²) in [6.07, 6.45) is -0.121. The summed E-state index contributed by atoms with van der Waals surface area (Å²) in [7, 11) is 1.39. The van der Waals surface area contributed by atoms with Gasteiger partial charge in [0.25, 0.3) is 0 Å². The van der Waals surface area contributed by atoms with Gasteiger partial charge in [0.2, 0.25) is 0 Å². The molecule has 4 rings (SSSR count). The highest BCUT2D eigenvalue weighted by molar-refractivity contribution is 5.89. The van der Waals surface area contributed by atoms with Crippen LogP contribution in [0.1, 0.15) is 33.3 Å². The van der Waals surface area contributed by atoms with Gasteiger partial charge in [0.05, 0.1) is 24.1 Å². The number of rotatable bonds is 2. The summed E-state index contributed by atoms with van der Waals surface area (Å²) in [4.78, 5) is 11.7. The van der Waals surface area contributed by atoms with Crippen molar-refractivity contribution >= 4 is 11.7 Å². The van der Waals surface area contributed by atoms with Crippen LogP contribution in [0.5, 0.6) is 0 Å². The van der Waals surface area contributed by atoms with Gasteiger partial charge in [0.15, 0.2) is 0 Å². The van der Waals surface area contributed by atoms with Crippen LogP contribution in [0, 0.1) is 13.8 Å². The van der Waals surface area contributed by atoms with Crippen LogP contribution in [-0.4, -0.2) is 22.9 Å². The molecule has 2 aromatic carbocycles. The molecule has 2 heterocycles. The Balaban J connectivity index is 1.81. The van der Waals surface area contributed by atoms with E-state index in [1.807, 2.05) is 23.7 Å². The number of fused-ring (bicyclic) bond motifs is 3. The number of hydrogen-bond donors (Lipinski definition) is 1. The van der Waals surface area contributed by atoms with Gasteiger partial charge in [0, 0.05) is 11.3 Å². The van der Waals surface area contributed by atoms with Crippen molar-refractivity contribution in [3.63, 3.8) is 0 Å². The molecule has 0 spiro atoms.